The summed E-state index contributed by atoms with van der Waals surface area (Å²) in [5.74, 6) is -2.48. The van der Waals surface area contributed by atoms with Crippen LogP contribution in [0.4, 0.5) is 5.69 Å². The Hall–Kier alpha value is -4.08. The Morgan fingerprint density at radius 1 is 1.00 bits per heavy atom. The van der Waals surface area contributed by atoms with Crippen LogP contribution in [0.15, 0.2) is 48.5 Å². The van der Waals surface area contributed by atoms with E-state index in [2.05, 4.69) is 0 Å². The molecule has 0 bridgehead atoms. The molecule has 3 amide bonds. The van der Waals surface area contributed by atoms with Gasteiger partial charge >= 0.3 is 0 Å². The number of Topliss-reactive ketones (excluding diaryl/α,β-unsaturated/α-hetero) is 1. The zero-order valence-electron chi connectivity index (χ0n) is 19.4. The molecule has 0 aromatic heterocycles. The standard InChI is InChI=1S/C25H25N3O7/c1-15-3-12-20-21(13-15)25(32)27(24(20)31)26(14-22(29)16-6-10-19(35-2)11-7-16)23(30)17-4-8-18(9-5-17)28(33)34/h4-11,15,20-21H,3,12-14H2,1-2H3/t15-,20+,21-/m0/s1. The van der Waals surface area contributed by atoms with E-state index in [9.17, 15) is 29.3 Å². The number of nitro groups is 1. The van der Waals surface area contributed by atoms with Gasteiger partial charge in [-0.3, -0.25) is 29.3 Å². The second kappa shape index (κ2) is 9.65. The second-order valence-electron chi connectivity index (χ2n) is 8.94. The van der Waals surface area contributed by atoms with Gasteiger partial charge in [-0.05, 0) is 61.6 Å². The molecule has 1 heterocycles. The third kappa shape index (κ3) is 4.64. The van der Waals surface area contributed by atoms with Crippen molar-refractivity contribution in [3.63, 3.8) is 0 Å². The number of imide groups is 1. The summed E-state index contributed by atoms with van der Waals surface area (Å²) in [5.41, 5.74) is 0.0788. The van der Waals surface area contributed by atoms with Crippen LogP contribution in [0, 0.1) is 27.9 Å². The number of amides is 3. The summed E-state index contributed by atoms with van der Waals surface area (Å²) < 4.78 is 5.10. The van der Waals surface area contributed by atoms with Crippen molar-refractivity contribution in [2.75, 3.05) is 13.7 Å². The minimum atomic E-state index is -0.768. The number of nitrogens with zero attached hydrogens (tertiary/aromatic N) is 3. The first-order valence-corrected chi connectivity index (χ1v) is 11.3. The van der Waals surface area contributed by atoms with E-state index in [0.29, 0.717) is 18.6 Å². The number of carbonyl (C=O) groups is 4. The Morgan fingerprint density at radius 2 is 1.60 bits per heavy atom. The molecule has 0 radical (unpaired) electrons. The predicted octanol–water partition coefficient (Wildman–Crippen LogP) is 3.26. The van der Waals surface area contributed by atoms with E-state index in [1.165, 1.54) is 31.4 Å². The highest BCUT2D eigenvalue weighted by molar-refractivity contribution is 6.09. The average molecular weight is 479 g/mol. The molecule has 35 heavy (non-hydrogen) atoms. The van der Waals surface area contributed by atoms with Crippen molar-refractivity contribution >= 4 is 29.2 Å². The first-order valence-electron chi connectivity index (χ1n) is 11.3. The van der Waals surface area contributed by atoms with E-state index < -0.39 is 46.8 Å². The zero-order valence-corrected chi connectivity index (χ0v) is 19.4. The molecule has 1 saturated heterocycles. The van der Waals surface area contributed by atoms with Crippen LogP contribution in [-0.4, -0.2) is 52.1 Å². The average Bonchev–Trinajstić information content (AvgIpc) is 3.11. The molecule has 0 unspecified atom stereocenters. The third-order valence-corrected chi connectivity index (χ3v) is 6.67. The number of benzene rings is 2. The summed E-state index contributed by atoms with van der Waals surface area (Å²) in [6.45, 7) is 1.47. The number of non-ortho nitro benzene ring substituents is 1. The summed E-state index contributed by atoms with van der Waals surface area (Å²) >= 11 is 0. The fourth-order valence-corrected chi connectivity index (χ4v) is 4.72. The van der Waals surface area contributed by atoms with Gasteiger partial charge < -0.3 is 4.74 Å². The van der Waals surface area contributed by atoms with Gasteiger partial charge in [-0.2, -0.15) is 5.01 Å². The van der Waals surface area contributed by atoms with E-state index in [0.717, 1.165) is 28.6 Å². The van der Waals surface area contributed by atoms with Crippen molar-refractivity contribution < 1.29 is 28.8 Å². The number of fused-ring (bicyclic) bond motifs is 1. The second-order valence-corrected chi connectivity index (χ2v) is 8.94. The lowest BCUT2D eigenvalue weighted by Crippen LogP contribution is -2.52. The Kier molecular flexibility index (Phi) is 6.63. The highest BCUT2D eigenvalue weighted by atomic mass is 16.6. The number of carbonyl (C=O) groups excluding carboxylic acids is 4. The fourth-order valence-electron chi connectivity index (χ4n) is 4.72. The van der Waals surface area contributed by atoms with Gasteiger partial charge in [0.05, 0.1) is 23.9 Å². The molecule has 2 aromatic carbocycles. The Morgan fingerprint density at radius 3 is 2.20 bits per heavy atom. The number of nitro benzene ring substituents is 1. The van der Waals surface area contributed by atoms with Crippen molar-refractivity contribution in [2.45, 2.75) is 26.2 Å². The summed E-state index contributed by atoms with van der Waals surface area (Å²) in [5, 5.41) is 12.7. The number of hydrazine groups is 1. The molecule has 10 heteroatoms. The van der Waals surface area contributed by atoms with Crippen LogP contribution in [0.1, 0.15) is 46.9 Å². The van der Waals surface area contributed by atoms with Crippen molar-refractivity contribution in [3.8, 4) is 5.75 Å². The van der Waals surface area contributed by atoms with Crippen molar-refractivity contribution in [1.82, 2.24) is 10.0 Å². The van der Waals surface area contributed by atoms with Crippen molar-refractivity contribution in [2.24, 2.45) is 17.8 Å². The number of hydrogen-bond acceptors (Lipinski definition) is 7. The molecular weight excluding hydrogens is 454 g/mol. The molecule has 2 aromatic rings. The molecule has 4 rings (SSSR count). The van der Waals surface area contributed by atoms with Crippen molar-refractivity contribution in [1.29, 1.82) is 0 Å². The van der Waals surface area contributed by atoms with E-state index in [4.69, 9.17) is 4.74 Å². The molecule has 3 atom stereocenters. The lowest BCUT2D eigenvalue weighted by molar-refractivity contribution is -0.384. The maximum Gasteiger partial charge on any atom is 0.273 e. The normalized spacial score (nSPS) is 21.4. The number of hydrogen-bond donors (Lipinski definition) is 0. The summed E-state index contributed by atoms with van der Waals surface area (Å²) in [4.78, 5) is 63.6. The van der Waals surface area contributed by atoms with E-state index in [1.807, 2.05) is 6.92 Å². The fraction of sp³-hybridized carbons (Fsp3) is 0.360. The summed E-state index contributed by atoms with van der Waals surface area (Å²) in [6, 6.07) is 11.1. The summed E-state index contributed by atoms with van der Waals surface area (Å²) in [6.07, 6.45) is 1.88. The zero-order chi connectivity index (χ0) is 25.3. The van der Waals surface area contributed by atoms with Crippen LogP contribution in [-0.2, 0) is 9.59 Å². The first-order chi connectivity index (χ1) is 16.7. The number of ketones is 1. The van der Waals surface area contributed by atoms with Crippen LogP contribution in [0.25, 0.3) is 0 Å². The summed E-state index contributed by atoms with van der Waals surface area (Å²) in [7, 11) is 1.49. The molecular formula is C25H25N3O7. The van der Waals surface area contributed by atoms with Gasteiger partial charge in [0, 0.05) is 23.3 Å². The number of methoxy groups -OCH3 is 1. The molecule has 0 N–H and O–H groups in total. The Balaban J connectivity index is 1.67. The first kappa shape index (κ1) is 24.1. The van der Waals surface area contributed by atoms with E-state index >= 15 is 0 Å². The van der Waals surface area contributed by atoms with Gasteiger partial charge in [0.1, 0.15) is 12.3 Å². The van der Waals surface area contributed by atoms with Crippen molar-refractivity contribution in [3.05, 3.63) is 69.8 Å². The topological polar surface area (TPSA) is 127 Å². The van der Waals surface area contributed by atoms with Gasteiger partial charge in [-0.1, -0.05) is 6.92 Å². The maximum absolute atomic E-state index is 13.5. The largest absolute Gasteiger partial charge is 0.497 e. The van der Waals surface area contributed by atoms with Gasteiger partial charge in [0.25, 0.3) is 23.4 Å². The van der Waals surface area contributed by atoms with Crippen LogP contribution >= 0.6 is 0 Å². The van der Waals surface area contributed by atoms with Gasteiger partial charge in [-0.25, -0.2) is 5.01 Å². The minimum Gasteiger partial charge on any atom is -0.497 e. The lowest BCUT2D eigenvalue weighted by Gasteiger charge is -2.30. The van der Waals surface area contributed by atoms with Gasteiger partial charge in [0.15, 0.2) is 5.78 Å². The SMILES string of the molecule is COc1ccc(C(=O)CN(C(=O)c2ccc([N+](=O)[O-])cc2)N2C(=O)[C@H]3C[C@@H](C)CC[C@H]3C2=O)cc1. The molecule has 1 aliphatic heterocycles. The Bertz CT molecular complexity index is 1180. The maximum atomic E-state index is 13.5. The Labute approximate surface area is 201 Å². The molecule has 0 spiro atoms. The molecule has 1 saturated carbocycles. The molecule has 2 aliphatic rings. The van der Waals surface area contributed by atoms with Crippen LogP contribution in [0.3, 0.4) is 0 Å². The highest BCUT2D eigenvalue weighted by Gasteiger charge is 2.52. The molecule has 1 aliphatic carbocycles. The van der Waals surface area contributed by atoms with E-state index in [-0.39, 0.29) is 22.7 Å². The number of rotatable bonds is 7. The highest BCUT2D eigenvalue weighted by Crippen LogP contribution is 2.41. The van der Waals surface area contributed by atoms with E-state index in [1.54, 1.807) is 12.1 Å². The minimum absolute atomic E-state index is 0.0157. The van der Waals surface area contributed by atoms with Crippen LogP contribution in [0.2, 0.25) is 0 Å². The predicted molar refractivity (Wildman–Crippen MR) is 123 cm³/mol. The monoisotopic (exact) mass is 479 g/mol. The van der Waals surface area contributed by atoms with Crippen LogP contribution in [0.5, 0.6) is 5.75 Å². The lowest BCUT2D eigenvalue weighted by atomic mass is 9.76. The molecule has 2 fully saturated rings. The quantitative estimate of drug-likeness (QED) is 0.258. The molecule has 182 valence electrons. The molecule has 10 nitrogen and oxygen atoms in total. The number of ether oxygens (including phenoxy) is 1. The smallest absolute Gasteiger partial charge is 0.273 e. The van der Waals surface area contributed by atoms with Gasteiger partial charge in [-0.15, -0.1) is 0 Å². The van der Waals surface area contributed by atoms with Gasteiger partial charge in [0.2, 0.25) is 0 Å². The van der Waals surface area contributed by atoms with Crippen LogP contribution < -0.4 is 4.74 Å². The third-order valence-electron chi connectivity index (χ3n) is 6.67.